The molecule has 0 aliphatic rings. The molecule has 2 rings (SSSR count). The van der Waals surface area contributed by atoms with E-state index in [0.717, 1.165) is 29.9 Å². The van der Waals surface area contributed by atoms with Gasteiger partial charge in [0, 0.05) is 12.1 Å². The number of benzene rings is 2. The van der Waals surface area contributed by atoms with Crippen LogP contribution in [0, 0.1) is 0 Å². The lowest BCUT2D eigenvalue weighted by molar-refractivity contribution is 0.130. The third kappa shape index (κ3) is 10.2. The summed E-state index contributed by atoms with van der Waals surface area (Å²) < 4.78 is 17.1. The average Bonchev–Trinajstić information content (AvgIpc) is 2.72. The van der Waals surface area contributed by atoms with Crippen molar-refractivity contribution >= 4 is 52.1 Å². The third-order valence-corrected chi connectivity index (χ3v) is 4.79. The highest BCUT2D eigenvalue weighted by atomic mass is 35.5. The van der Waals surface area contributed by atoms with E-state index in [2.05, 4.69) is 5.16 Å². The molecule has 0 atom stereocenters. The highest BCUT2D eigenvalue weighted by Gasteiger charge is 2.10. The van der Waals surface area contributed by atoms with Crippen LogP contribution in [0.2, 0.25) is 10.0 Å². The van der Waals surface area contributed by atoms with Crippen molar-refractivity contribution in [1.82, 2.24) is 0 Å². The molecule has 32 heavy (non-hydrogen) atoms. The summed E-state index contributed by atoms with van der Waals surface area (Å²) in [5.41, 5.74) is 1.91. The van der Waals surface area contributed by atoms with E-state index in [1.165, 1.54) is 6.08 Å². The topological polar surface area (TPSA) is 49.3 Å². The first kappa shape index (κ1) is 26.5. The van der Waals surface area contributed by atoms with Crippen LogP contribution >= 0.6 is 46.4 Å². The largest absolute Gasteiger partial charge is 0.494 e. The fourth-order valence-corrected chi connectivity index (χ4v) is 3.15. The van der Waals surface area contributed by atoms with Gasteiger partial charge in [0.15, 0.2) is 5.75 Å². The summed E-state index contributed by atoms with van der Waals surface area (Å²) in [6.45, 7) is 5.44. The Morgan fingerprint density at radius 1 is 0.875 bits per heavy atom. The molecule has 0 spiro atoms. The molecule has 0 radical (unpaired) electrons. The normalized spacial score (nSPS) is 10.3. The maximum atomic E-state index is 6.26. The molecule has 0 aliphatic heterocycles. The van der Waals surface area contributed by atoms with E-state index in [4.69, 9.17) is 65.5 Å². The number of hydrogen-bond donors (Lipinski definition) is 0. The predicted octanol–water partition coefficient (Wildman–Crippen LogP) is 7.84. The van der Waals surface area contributed by atoms with Crippen molar-refractivity contribution in [2.45, 2.75) is 33.3 Å². The molecule has 5 nitrogen and oxygen atoms in total. The Hall–Kier alpha value is -1.79. The Labute approximate surface area is 208 Å². The Morgan fingerprint density at radius 3 is 2.09 bits per heavy atom. The maximum absolute atomic E-state index is 6.26. The Kier molecular flexibility index (Phi) is 11.9. The van der Waals surface area contributed by atoms with Crippen molar-refractivity contribution in [1.29, 1.82) is 0 Å². The minimum Gasteiger partial charge on any atom is -0.494 e. The first-order chi connectivity index (χ1) is 15.3. The van der Waals surface area contributed by atoms with Crippen LogP contribution in [-0.2, 0) is 11.4 Å². The van der Waals surface area contributed by atoms with Crippen molar-refractivity contribution in [2.75, 3.05) is 19.8 Å². The summed E-state index contributed by atoms with van der Waals surface area (Å²) in [6.07, 6.45) is 3.12. The van der Waals surface area contributed by atoms with Gasteiger partial charge in [-0.1, -0.05) is 63.7 Å². The molecular weight excluding hydrogens is 496 g/mol. The summed E-state index contributed by atoms with van der Waals surface area (Å²) in [5, 5.41) is 4.65. The van der Waals surface area contributed by atoms with E-state index in [0.29, 0.717) is 41.4 Å². The highest BCUT2D eigenvalue weighted by Crippen LogP contribution is 2.37. The molecular formula is C23H25Cl4NO4. The van der Waals surface area contributed by atoms with Crippen molar-refractivity contribution in [2.24, 2.45) is 5.16 Å². The number of ether oxygens (including phenoxy) is 3. The summed E-state index contributed by atoms with van der Waals surface area (Å²) in [6, 6.07) is 11.0. The zero-order valence-corrected chi connectivity index (χ0v) is 20.9. The Morgan fingerprint density at radius 2 is 1.50 bits per heavy atom. The molecule has 0 unspecified atom stereocenters. The van der Waals surface area contributed by atoms with Gasteiger partial charge < -0.3 is 19.0 Å². The fourth-order valence-electron chi connectivity index (χ4n) is 2.44. The second-order valence-electron chi connectivity index (χ2n) is 6.88. The minimum atomic E-state index is 0.130. The zero-order valence-electron chi connectivity index (χ0n) is 17.9. The zero-order chi connectivity index (χ0) is 23.3. The SMILES string of the molecule is CC(C)=NOCc1ccc(OCCCCOc2c(Cl)cc(OCC=C(Cl)Cl)cc2Cl)cc1. The molecule has 0 aromatic heterocycles. The summed E-state index contributed by atoms with van der Waals surface area (Å²) in [4.78, 5) is 5.23. The molecule has 0 fully saturated rings. The summed E-state index contributed by atoms with van der Waals surface area (Å²) in [5.74, 6) is 1.72. The number of hydrogen-bond acceptors (Lipinski definition) is 5. The molecule has 0 amide bonds. The second-order valence-corrected chi connectivity index (χ2v) is 8.70. The molecule has 0 saturated carbocycles. The Bertz CT molecular complexity index is 886. The summed E-state index contributed by atoms with van der Waals surface area (Å²) in [7, 11) is 0. The van der Waals surface area contributed by atoms with Crippen LogP contribution in [0.25, 0.3) is 0 Å². The van der Waals surface area contributed by atoms with Gasteiger partial charge in [0.2, 0.25) is 0 Å². The number of oxime groups is 1. The van der Waals surface area contributed by atoms with Gasteiger partial charge in [-0.25, -0.2) is 0 Å². The lowest BCUT2D eigenvalue weighted by Crippen LogP contribution is -2.03. The second kappa shape index (κ2) is 14.4. The number of unbranched alkanes of at least 4 members (excludes halogenated alkanes) is 1. The monoisotopic (exact) mass is 519 g/mol. The average molecular weight is 521 g/mol. The number of halogens is 4. The first-order valence-corrected chi connectivity index (χ1v) is 11.5. The lowest BCUT2D eigenvalue weighted by atomic mass is 10.2. The lowest BCUT2D eigenvalue weighted by Gasteiger charge is -2.12. The van der Waals surface area contributed by atoms with Crippen LogP contribution in [0.5, 0.6) is 17.2 Å². The van der Waals surface area contributed by atoms with E-state index in [-0.39, 0.29) is 11.1 Å². The molecule has 9 heteroatoms. The van der Waals surface area contributed by atoms with Gasteiger partial charge in [0.1, 0.15) is 29.2 Å². The number of nitrogens with zero attached hydrogens (tertiary/aromatic N) is 1. The fraction of sp³-hybridized carbons (Fsp3) is 0.348. The molecule has 0 saturated heterocycles. The molecule has 2 aromatic carbocycles. The van der Waals surface area contributed by atoms with Gasteiger partial charge in [-0.05, 0) is 50.5 Å². The van der Waals surface area contributed by atoms with E-state index in [1.807, 2.05) is 38.1 Å². The minimum absolute atomic E-state index is 0.130. The Balaban J connectivity index is 1.68. The molecule has 0 heterocycles. The molecule has 0 aliphatic carbocycles. The van der Waals surface area contributed by atoms with Gasteiger partial charge in [-0.3, -0.25) is 0 Å². The van der Waals surface area contributed by atoms with Crippen LogP contribution in [0.3, 0.4) is 0 Å². The van der Waals surface area contributed by atoms with E-state index >= 15 is 0 Å². The van der Waals surface area contributed by atoms with Crippen LogP contribution in [-0.4, -0.2) is 25.5 Å². The van der Waals surface area contributed by atoms with E-state index < -0.39 is 0 Å². The molecule has 0 bridgehead atoms. The predicted molar refractivity (Wildman–Crippen MR) is 132 cm³/mol. The molecule has 2 aromatic rings. The first-order valence-electron chi connectivity index (χ1n) is 9.96. The van der Waals surface area contributed by atoms with Crippen molar-refractivity contribution in [3.8, 4) is 17.2 Å². The van der Waals surface area contributed by atoms with E-state index in [9.17, 15) is 0 Å². The van der Waals surface area contributed by atoms with Gasteiger partial charge in [-0.15, -0.1) is 0 Å². The standard InChI is InChI=1S/C23H25Cl4NO4/c1-16(2)28-32-15-17-5-7-18(8-6-17)29-10-3-4-11-31-23-20(24)13-19(14-21(23)25)30-12-9-22(26)27/h5-9,13-14H,3-4,10-12,15H2,1-2H3. The van der Waals surface area contributed by atoms with Gasteiger partial charge in [0.05, 0.1) is 29.0 Å². The number of rotatable bonds is 13. The van der Waals surface area contributed by atoms with Gasteiger partial charge in [0.25, 0.3) is 0 Å². The molecule has 174 valence electrons. The van der Waals surface area contributed by atoms with Crippen LogP contribution in [0.4, 0.5) is 0 Å². The molecule has 0 N–H and O–H groups in total. The maximum Gasteiger partial charge on any atom is 0.156 e. The van der Waals surface area contributed by atoms with Gasteiger partial charge in [-0.2, -0.15) is 0 Å². The highest BCUT2D eigenvalue weighted by molar-refractivity contribution is 6.55. The van der Waals surface area contributed by atoms with Gasteiger partial charge >= 0.3 is 0 Å². The van der Waals surface area contributed by atoms with Crippen molar-refractivity contribution in [3.05, 3.63) is 62.6 Å². The van der Waals surface area contributed by atoms with Crippen LogP contribution in [0.1, 0.15) is 32.3 Å². The van der Waals surface area contributed by atoms with E-state index in [1.54, 1.807) is 12.1 Å². The quantitative estimate of drug-likeness (QED) is 0.153. The van der Waals surface area contributed by atoms with Crippen molar-refractivity contribution in [3.63, 3.8) is 0 Å². The smallest absolute Gasteiger partial charge is 0.156 e. The third-order valence-electron chi connectivity index (χ3n) is 3.91. The summed E-state index contributed by atoms with van der Waals surface area (Å²) >= 11 is 23.6. The van der Waals surface area contributed by atoms with Crippen LogP contribution < -0.4 is 14.2 Å². The van der Waals surface area contributed by atoms with Crippen LogP contribution in [0.15, 0.2) is 52.1 Å². The van der Waals surface area contributed by atoms with Crippen molar-refractivity contribution < 1.29 is 19.0 Å².